The summed E-state index contributed by atoms with van der Waals surface area (Å²) in [7, 11) is 1.57. The number of para-hydroxylation sites is 1. The highest BCUT2D eigenvalue weighted by Crippen LogP contribution is 2.30. The molecule has 4 rings (SSSR count). The topological polar surface area (TPSA) is 87.7 Å². The second-order valence-corrected chi connectivity index (χ2v) is 8.35. The largest absolute Gasteiger partial charge is 0.496 e. The Bertz CT molecular complexity index is 1020. The van der Waals surface area contributed by atoms with Gasteiger partial charge in [0.25, 0.3) is 5.91 Å². The lowest BCUT2D eigenvalue weighted by Gasteiger charge is -2.27. The van der Waals surface area contributed by atoms with E-state index in [9.17, 15) is 14.4 Å². The van der Waals surface area contributed by atoms with Gasteiger partial charge in [0.1, 0.15) is 17.8 Å². The molecule has 2 N–H and O–H groups in total. The van der Waals surface area contributed by atoms with E-state index in [4.69, 9.17) is 4.74 Å². The number of methoxy groups -OCH3 is 1. The van der Waals surface area contributed by atoms with Crippen molar-refractivity contribution < 1.29 is 19.1 Å². The number of aryl methyl sites for hydroxylation is 1. The van der Waals surface area contributed by atoms with Crippen LogP contribution in [0.3, 0.4) is 0 Å². The first-order chi connectivity index (χ1) is 14.9. The van der Waals surface area contributed by atoms with Crippen molar-refractivity contribution in [3.63, 3.8) is 0 Å². The van der Waals surface area contributed by atoms with Gasteiger partial charge in [-0.25, -0.2) is 4.79 Å². The van der Waals surface area contributed by atoms with Crippen LogP contribution in [0.5, 0.6) is 5.75 Å². The fourth-order valence-corrected chi connectivity index (χ4v) is 4.53. The average Bonchev–Trinajstić information content (AvgIpc) is 2.97. The van der Waals surface area contributed by atoms with E-state index in [1.807, 2.05) is 42.5 Å². The molecule has 1 heterocycles. The van der Waals surface area contributed by atoms with E-state index >= 15 is 0 Å². The molecule has 0 aromatic heterocycles. The first-order valence-electron chi connectivity index (χ1n) is 10.5. The summed E-state index contributed by atoms with van der Waals surface area (Å²) in [6, 6.07) is 14.8. The third kappa shape index (κ3) is 4.13. The van der Waals surface area contributed by atoms with Crippen LogP contribution in [-0.4, -0.2) is 41.9 Å². The molecular formula is C24H27N3O4. The molecule has 2 aromatic rings. The summed E-state index contributed by atoms with van der Waals surface area (Å²) in [6.07, 6.45) is 3.10. The molecule has 0 radical (unpaired) electrons. The number of ether oxygens (including phenoxy) is 1. The number of nitrogens with one attached hydrogen (secondary N) is 2. The van der Waals surface area contributed by atoms with Crippen LogP contribution in [0, 0.1) is 0 Å². The van der Waals surface area contributed by atoms with Crippen LogP contribution in [0.25, 0.3) is 0 Å². The lowest BCUT2D eigenvalue weighted by atomic mass is 9.88. The molecule has 1 saturated heterocycles. The van der Waals surface area contributed by atoms with E-state index in [0.717, 1.165) is 35.3 Å². The Morgan fingerprint density at radius 1 is 1.19 bits per heavy atom. The number of amides is 4. The van der Waals surface area contributed by atoms with E-state index in [-0.39, 0.29) is 24.9 Å². The van der Waals surface area contributed by atoms with Crippen LogP contribution in [0.4, 0.5) is 4.79 Å². The highest BCUT2D eigenvalue weighted by atomic mass is 16.5. The molecule has 4 amide bonds. The number of nitrogens with zero attached hydrogens (tertiary/aromatic N) is 1. The summed E-state index contributed by atoms with van der Waals surface area (Å²) in [5, 5.41) is 5.76. The van der Waals surface area contributed by atoms with Crippen LogP contribution < -0.4 is 15.4 Å². The fraction of sp³-hybridized carbons (Fsp3) is 0.375. The predicted octanol–water partition coefficient (Wildman–Crippen LogP) is 2.74. The molecule has 1 aliphatic carbocycles. The molecule has 0 unspecified atom stereocenters. The molecule has 0 saturated carbocycles. The quantitative estimate of drug-likeness (QED) is 0.702. The highest BCUT2D eigenvalue weighted by Gasteiger charge is 2.48. The lowest BCUT2D eigenvalue weighted by molar-refractivity contribution is -0.134. The van der Waals surface area contributed by atoms with Crippen LogP contribution in [0.2, 0.25) is 0 Å². The predicted molar refractivity (Wildman–Crippen MR) is 116 cm³/mol. The van der Waals surface area contributed by atoms with Crippen molar-refractivity contribution in [2.45, 2.75) is 44.2 Å². The molecule has 31 heavy (non-hydrogen) atoms. The molecule has 0 bridgehead atoms. The number of hydrogen-bond acceptors (Lipinski definition) is 4. The number of fused-ring (bicyclic) bond motifs is 1. The zero-order valence-electron chi connectivity index (χ0n) is 17.8. The molecule has 2 aliphatic rings. The number of carbonyl (C=O) groups is 3. The molecule has 2 aromatic carbocycles. The molecule has 162 valence electrons. The van der Waals surface area contributed by atoms with Crippen LogP contribution in [0.15, 0.2) is 48.5 Å². The van der Waals surface area contributed by atoms with Gasteiger partial charge >= 0.3 is 6.03 Å². The maximum atomic E-state index is 13.1. The Labute approximate surface area is 181 Å². The third-order valence-electron chi connectivity index (χ3n) is 6.09. The van der Waals surface area contributed by atoms with Crippen LogP contribution in [-0.2, 0) is 22.4 Å². The molecular weight excluding hydrogens is 394 g/mol. The van der Waals surface area contributed by atoms with Crippen molar-refractivity contribution >= 4 is 17.8 Å². The Kier molecular flexibility index (Phi) is 5.67. The van der Waals surface area contributed by atoms with Gasteiger partial charge in [-0.15, -0.1) is 0 Å². The molecule has 7 nitrogen and oxygen atoms in total. The van der Waals surface area contributed by atoms with Crippen LogP contribution >= 0.6 is 0 Å². The van der Waals surface area contributed by atoms with E-state index in [2.05, 4.69) is 16.7 Å². The number of carbonyl (C=O) groups excluding carboxylic acids is 3. The van der Waals surface area contributed by atoms with Gasteiger partial charge in [0, 0.05) is 6.42 Å². The molecule has 2 atom stereocenters. The van der Waals surface area contributed by atoms with Crippen molar-refractivity contribution in [1.82, 2.24) is 15.5 Å². The molecule has 1 aliphatic heterocycles. The Balaban J connectivity index is 1.44. The van der Waals surface area contributed by atoms with E-state index in [0.29, 0.717) is 5.75 Å². The van der Waals surface area contributed by atoms with Gasteiger partial charge in [0.15, 0.2) is 0 Å². The maximum absolute atomic E-state index is 13.1. The van der Waals surface area contributed by atoms with Crippen molar-refractivity contribution in [2.75, 3.05) is 13.7 Å². The lowest BCUT2D eigenvalue weighted by Crippen LogP contribution is -2.47. The minimum absolute atomic E-state index is 0.0989. The van der Waals surface area contributed by atoms with Gasteiger partial charge in [-0.05, 0) is 48.9 Å². The van der Waals surface area contributed by atoms with E-state index in [1.54, 1.807) is 14.0 Å². The summed E-state index contributed by atoms with van der Waals surface area (Å²) >= 11 is 0. The molecule has 0 spiro atoms. The van der Waals surface area contributed by atoms with Crippen LogP contribution in [0.1, 0.15) is 42.5 Å². The summed E-state index contributed by atoms with van der Waals surface area (Å²) in [4.78, 5) is 39.4. The zero-order valence-corrected chi connectivity index (χ0v) is 17.8. The molecule has 1 fully saturated rings. The SMILES string of the molecule is COc1ccccc1C[C@]1(C)NC(=O)N(CC(=O)N[C@H]2CCCc3ccccc32)C1=O. The molecule has 7 heteroatoms. The van der Waals surface area contributed by atoms with E-state index < -0.39 is 17.5 Å². The van der Waals surface area contributed by atoms with Crippen molar-refractivity contribution in [3.8, 4) is 5.75 Å². The smallest absolute Gasteiger partial charge is 0.325 e. The summed E-state index contributed by atoms with van der Waals surface area (Å²) in [5.74, 6) is -0.104. The highest BCUT2D eigenvalue weighted by molar-refractivity contribution is 6.09. The van der Waals surface area contributed by atoms with E-state index in [1.165, 1.54) is 5.56 Å². The number of urea groups is 1. The number of hydrogen-bond donors (Lipinski definition) is 2. The maximum Gasteiger partial charge on any atom is 0.325 e. The Morgan fingerprint density at radius 2 is 1.94 bits per heavy atom. The summed E-state index contributed by atoms with van der Waals surface area (Å²) in [6.45, 7) is 1.37. The average molecular weight is 421 g/mol. The Hall–Kier alpha value is -3.35. The Morgan fingerprint density at radius 3 is 2.74 bits per heavy atom. The van der Waals surface area contributed by atoms with Gasteiger partial charge in [-0.2, -0.15) is 0 Å². The van der Waals surface area contributed by atoms with Crippen molar-refractivity contribution in [3.05, 3.63) is 65.2 Å². The second-order valence-electron chi connectivity index (χ2n) is 8.35. The van der Waals surface area contributed by atoms with Crippen molar-refractivity contribution in [1.29, 1.82) is 0 Å². The number of imide groups is 1. The first-order valence-corrected chi connectivity index (χ1v) is 10.5. The second kappa shape index (κ2) is 8.41. The normalized spacial score (nSPS) is 22.6. The van der Waals surface area contributed by atoms with Gasteiger partial charge < -0.3 is 15.4 Å². The van der Waals surface area contributed by atoms with Gasteiger partial charge in [-0.1, -0.05) is 42.5 Å². The summed E-state index contributed by atoms with van der Waals surface area (Å²) < 4.78 is 5.37. The van der Waals surface area contributed by atoms with Gasteiger partial charge in [0.05, 0.1) is 13.2 Å². The first kappa shape index (κ1) is 20.9. The minimum atomic E-state index is -1.14. The fourth-order valence-electron chi connectivity index (χ4n) is 4.53. The number of rotatable bonds is 6. The third-order valence-corrected chi connectivity index (χ3v) is 6.09. The minimum Gasteiger partial charge on any atom is -0.496 e. The summed E-state index contributed by atoms with van der Waals surface area (Å²) in [5.41, 5.74) is 2.02. The van der Waals surface area contributed by atoms with Gasteiger partial charge in [0.2, 0.25) is 5.91 Å². The zero-order chi connectivity index (χ0) is 22.0. The van der Waals surface area contributed by atoms with Gasteiger partial charge in [-0.3, -0.25) is 14.5 Å². The monoisotopic (exact) mass is 421 g/mol. The number of benzene rings is 2. The standard InChI is InChI=1S/C24H27N3O4/c1-24(14-17-9-4-6-13-20(17)31-2)22(29)27(23(30)26-24)15-21(28)25-19-12-7-10-16-8-3-5-11-18(16)19/h3-6,8-9,11,13,19H,7,10,12,14-15H2,1-2H3,(H,25,28)(H,26,30)/t19-,24-/m0/s1. The van der Waals surface area contributed by atoms with Crippen molar-refractivity contribution in [2.24, 2.45) is 0 Å².